The number of benzene rings is 1. The minimum absolute atomic E-state index is 0.163. The van der Waals surface area contributed by atoms with Crippen molar-refractivity contribution in [2.75, 3.05) is 23.5 Å². The molecule has 1 aromatic carbocycles. The first-order chi connectivity index (χ1) is 13.0. The molecule has 2 N–H and O–H groups in total. The van der Waals surface area contributed by atoms with E-state index in [1.165, 1.54) is 29.2 Å². The summed E-state index contributed by atoms with van der Waals surface area (Å²) in [6.07, 6.45) is 0. The van der Waals surface area contributed by atoms with Gasteiger partial charge in [0.15, 0.2) is 10.0 Å². The summed E-state index contributed by atoms with van der Waals surface area (Å²) in [5.74, 6) is 0.806. The number of methoxy groups -OCH3 is 1. The molecule has 11 heteroatoms. The molecule has 0 atom stereocenters. The van der Waals surface area contributed by atoms with Crippen LogP contribution in [0.15, 0.2) is 39.2 Å². The molecule has 0 unspecified atom stereocenters. The SMILES string of the molecule is COc1ccc(NC(=O)CSc2nnc(NC(=O)c3cc(C)on3)s2)cc1. The summed E-state index contributed by atoms with van der Waals surface area (Å²) in [4.78, 5) is 24.0. The third-order valence-electron chi connectivity index (χ3n) is 3.19. The fraction of sp³-hybridized carbons (Fsp3) is 0.188. The average Bonchev–Trinajstić information content (AvgIpc) is 3.29. The number of carbonyl (C=O) groups is 2. The zero-order valence-electron chi connectivity index (χ0n) is 14.4. The van der Waals surface area contributed by atoms with Crippen molar-refractivity contribution in [1.29, 1.82) is 0 Å². The topological polar surface area (TPSA) is 119 Å². The van der Waals surface area contributed by atoms with Crippen LogP contribution in [0.25, 0.3) is 0 Å². The van der Waals surface area contributed by atoms with Gasteiger partial charge in [0.05, 0.1) is 12.9 Å². The summed E-state index contributed by atoms with van der Waals surface area (Å²) in [6, 6.07) is 8.56. The van der Waals surface area contributed by atoms with Gasteiger partial charge in [-0.1, -0.05) is 28.3 Å². The lowest BCUT2D eigenvalue weighted by Gasteiger charge is -2.05. The monoisotopic (exact) mass is 405 g/mol. The van der Waals surface area contributed by atoms with Crippen molar-refractivity contribution < 1.29 is 18.8 Å². The van der Waals surface area contributed by atoms with Gasteiger partial charge < -0.3 is 14.6 Å². The highest BCUT2D eigenvalue weighted by molar-refractivity contribution is 8.01. The van der Waals surface area contributed by atoms with Crippen molar-refractivity contribution in [3.63, 3.8) is 0 Å². The Kier molecular flexibility index (Phi) is 6.04. The molecule has 0 aliphatic carbocycles. The fourth-order valence-electron chi connectivity index (χ4n) is 1.95. The average molecular weight is 405 g/mol. The molecule has 0 aliphatic heterocycles. The summed E-state index contributed by atoms with van der Waals surface area (Å²) in [6.45, 7) is 1.69. The van der Waals surface area contributed by atoms with Crippen molar-refractivity contribution in [3.8, 4) is 5.75 Å². The van der Waals surface area contributed by atoms with Crippen molar-refractivity contribution in [1.82, 2.24) is 15.4 Å². The predicted molar refractivity (Wildman–Crippen MR) is 101 cm³/mol. The molecule has 0 radical (unpaired) electrons. The number of hydrogen-bond acceptors (Lipinski definition) is 9. The van der Waals surface area contributed by atoms with E-state index in [0.29, 0.717) is 26.7 Å². The van der Waals surface area contributed by atoms with E-state index in [9.17, 15) is 9.59 Å². The van der Waals surface area contributed by atoms with E-state index in [2.05, 4.69) is 26.0 Å². The van der Waals surface area contributed by atoms with Crippen LogP contribution in [-0.2, 0) is 4.79 Å². The number of amides is 2. The Hall–Kier alpha value is -2.92. The van der Waals surface area contributed by atoms with Crippen LogP contribution in [0.5, 0.6) is 5.75 Å². The van der Waals surface area contributed by atoms with Crippen LogP contribution in [0, 0.1) is 6.92 Å². The van der Waals surface area contributed by atoms with Gasteiger partial charge in [0.2, 0.25) is 11.0 Å². The largest absolute Gasteiger partial charge is 0.497 e. The minimum Gasteiger partial charge on any atom is -0.497 e. The van der Waals surface area contributed by atoms with Gasteiger partial charge in [0, 0.05) is 11.8 Å². The van der Waals surface area contributed by atoms with Crippen molar-refractivity contribution in [2.24, 2.45) is 0 Å². The van der Waals surface area contributed by atoms with E-state index in [1.807, 2.05) is 0 Å². The number of anilines is 2. The van der Waals surface area contributed by atoms with Gasteiger partial charge in [-0.15, -0.1) is 10.2 Å². The number of carbonyl (C=O) groups excluding carboxylic acids is 2. The third-order valence-corrected chi connectivity index (χ3v) is 5.16. The maximum Gasteiger partial charge on any atom is 0.279 e. The molecule has 0 fully saturated rings. The Morgan fingerprint density at radius 1 is 1.22 bits per heavy atom. The molecule has 3 aromatic rings. The standard InChI is InChI=1S/C16H15N5O4S2/c1-9-7-12(21-25-9)14(23)18-15-19-20-16(27-15)26-8-13(22)17-10-3-5-11(24-2)6-4-10/h3-7H,8H2,1-2H3,(H,17,22)(H,18,19,23). The van der Waals surface area contributed by atoms with E-state index in [-0.39, 0.29) is 17.4 Å². The molecule has 140 valence electrons. The van der Waals surface area contributed by atoms with Gasteiger partial charge in [-0.2, -0.15) is 0 Å². The molecule has 3 rings (SSSR count). The predicted octanol–water partition coefficient (Wildman–Crippen LogP) is 2.83. The summed E-state index contributed by atoms with van der Waals surface area (Å²) in [5.41, 5.74) is 0.838. The molecule has 0 saturated heterocycles. The maximum atomic E-state index is 12.0. The van der Waals surface area contributed by atoms with Crippen LogP contribution in [-0.4, -0.2) is 40.0 Å². The third kappa shape index (κ3) is 5.28. The quantitative estimate of drug-likeness (QED) is 0.455. The highest BCUT2D eigenvalue weighted by atomic mass is 32.2. The molecular formula is C16H15N5O4S2. The second-order valence-corrected chi connectivity index (χ2v) is 7.42. The Morgan fingerprint density at radius 3 is 2.67 bits per heavy atom. The number of rotatable bonds is 7. The molecule has 2 aromatic heterocycles. The Labute approximate surface area is 162 Å². The van der Waals surface area contributed by atoms with Crippen LogP contribution in [0.3, 0.4) is 0 Å². The van der Waals surface area contributed by atoms with E-state index in [4.69, 9.17) is 9.26 Å². The lowest BCUT2D eigenvalue weighted by atomic mass is 10.3. The van der Waals surface area contributed by atoms with Gasteiger partial charge in [0.25, 0.3) is 5.91 Å². The first-order valence-electron chi connectivity index (χ1n) is 7.68. The number of nitrogens with one attached hydrogen (secondary N) is 2. The van der Waals surface area contributed by atoms with Crippen LogP contribution in [0.1, 0.15) is 16.2 Å². The Bertz CT molecular complexity index is 938. The molecule has 0 bridgehead atoms. The smallest absolute Gasteiger partial charge is 0.279 e. The molecule has 2 heterocycles. The van der Waals surface area contributed by atoms with Crippen molar-refractivity contribution >= 4 is 45.7 Å². The summed E-state index contributed by atoms with van der Waals surface area (Å²) in [5, 5.41) is 17.1. The highest BCUT2D eigenvalue weighted by Gasteiger charge is 2.14. The maximum absolute atomic E-state index is 12.0. The number of hydrogen-bond donors (Lipinski definition) is 2. The van der Waals surface area contributed by atoms with Gasteiger partial charge in [-0.25, -0.2) is 0 Å². The van der Waals surface area contributed by atoms with Gasteiger partial charge >= 0.3 is 0 Å². The second kappa shape index (κ2) is 8.64. The van der Waals surface area contributed by atoms with Crippen molar-refractivity contribution in [2.45, 2.75) is 11.3 Å². The molecule has 0 saturated carbocycles. The second-order valence-electron chi connectivity index (χ2n) is 5.22. The minimum atomic E-state index is -0.434. The van der Waals surface area contributed by atoms with Crippen LogP contribution < -0.4 is 15.4 Å². The van der Waals surface area contributed by atoms with Crippen LogP contribution in [0.2, 0.25) is 0 Å². The summed E-state index contributed by atoms with van der Waals surface area (Å²) >= 11 is 2.40. The Morgan fingerprint density at radius 2 is 2.00 bits per heavy atom. The molecule has 0 spiro atoms. The molecular weight excluding hydrogens is 390 g/mol. The molecule has 27 heavy (non-hydrogen) atoms. The van der Waals surface area contributed by atoms with E-state index >= 15 is 0 Å². The lowest BCUT2D eigenvalue weighted by molar-refractivity contribution is -0.113. The van der Waals surface area contributed by atoms with E-state index in [1.54, 1.807) is 38.3 Å². The summed E-state index contributed by atoms with van der Waals surface area (Å²) in [7, 11) is 1.58. The highest BCUT2D eigenvalue weighted by Crippen LogP contribution is 2.26. The van der Waals surface area contributed by atoms with Gasteiger partial charge in [-0.05, 0) is 31.2 Å². The van der Waals surface area contributed by atoms with Crippen LogP contribution >= 0.6 is 23.1 Å². The fourth-order valence-corrected chi connectivity index (χ4v) is 3.50. The van der Waals surface area contributed by atoms with E-state index in [0.717, 1.165) is 0 Å². The van der Waals surface area contributed by atoms with Crippen LogP contribution in [0.4, 0.5) is 10.8 Å². The van der Waals surface area contributed by atoms with Gasteiger partial charge in [-0.3, -0.25) is 14.9 Å². The first-order valence-corrected chi connectivity index (χ1v) is 9.48. The van der Waals surface area contributed by atoms with E-state index < -0.39 is 5.91 Å². The summed E-state index contributed by atoms with van der Waals surface area (Å²) < 4.78 is 10.5. The number of nitrogens with zero attached hydrogens (tertiary/aromatic N) is 3. The first kappa shape index (κ1) is 18.9. The number of aromatic nitrogens is 3. The lowest BCUT2D eigenvalue weighted by Crippen LogP contribution is -2.13. The van der Waals surface area contributed by atoms with Gasteiger partial charge in [0.1, 0.15) is 11.5 Å². The molecule has 2 amide bonds. The van der Waals surface area contributed by atoms with Crippen molar-refractivity contribution in [3.05, 3.63) is 41.8 Å². The Balaban J connectivity index is 1.48. The number of thioether (sulfide) groups is 1. The zero-order chi connectivity index (χ0) is 19.2. The number of aryl methyl sites for hydroxylation is 1. The molecule has 0 aliphatic rings. The number of ether oxygens (including phenoxy) is 1. The normalized spacial score (nSPS) is 10.4. The molecule has 9 nitrogen and oxygen atoms in total. The zero-order valence-corrected chi connectivity index (χ0v) is 16.0.